The Bertz CT molecular complexity index is 758. The quantitative estimate of drug-likeness (QED) is 0.724. The van der Waals surface area contributed by atoms with E-state index in [1.165, 1.54) is 0 Å². The van der Waals surface area contributed by atoms with Gasteiger partial charge in [-0.2, -0.15) is 5.10 Å². The highest BCUT2D eigenvalue weighted by Gasteiger charge is 2.19. The van der Waals surface area contributed by atoms with Crippen molar-refractivity contribution >= 4 is 16.9 Å². The summed E-state index contributed by atoms with van der Waals surface area (Å²) in [5, 5.41) is 5.49. The lowest BCUT2D eigenvalue weighted by Gasteiger charge is -2.33. The van der Waals surface area contributed by atoms with Crippen LogP contribution >= 0.6 is 0 Å². The van der Waals surface area contributed by atoms with Gasteiger partial charge in [0.25, 0.3) is 0 Å². The van der Waals surface area contributed by atoms with Crippen molar-refractivity contribution in [1.82, 2.24) is 24.6 Å². The molecule has 7 heteroatoms. The summed E-state index contributed by atoms with van der Waals surface area (Å²) in [6.45, 7) is 4.72. The first-order valence-corrected chi connectivity index (χ1v) is 7.42. The van der Waals surface area contributed by atoms with Gasteiger partial charge in [-0.15, -0.1) is 0 Å². The molecule has 0 N–H and O–H groups in total. The van der Waals surface area contributed by atoms with E-state index in [1.54, 1.807) is 18.9 Å². The van der Waals surface area contributed by atoms with Crippen LogP contribution < -0.4 is 4.90 Å². The molecule has 114 valence electrons. The lowest BCUT2D eigenvalue weighted by atomic mass is 10.3. The number of aromatic nitrogens is 4. The third kappa shape index (κ3) is 2.33. The molecule has 7 nitrogen and oxygen atoms in total. The van der Waals surface area contributed by atoms with E-state index < -0.39 is 0 Å². The van der Waals surface area contributed by atoms with Crippen LogP contribution in [0.2, 0.25) is 0 Å². The van der Waals surface area contributed by atoms with Gasteiger partial charge in [-0.05, 0) is 13.1 Å². The second kappa shape index (κ2) is 5.42. The van der Waals surface area contributed by atoms with Gasteiger partial charge >= 0.3 is 0 Å². The molecule has 3 aromatic heterocycles. The molecule has 22 heavy (non-hydrogen) atoms. The minimum absolute atomic E-state index is 0.652. The Balaban J connectivity index is 1.67. The van der Waals surface area contributed by atoms with Crippen LogP contribution in [0, 0.1) is 0 Å². The number of rotatable bonds is 3. The van der Waals surface area contributed by atoms with Gasteiger partial charge in [-0.3, -0.25) is 0 Å². The summed E-state index contributed by atoms with van der Waals surface area (Å²) in [6, 6.07) is 1.94. The van der Waals surface area contributed by atoms with E-state index in [0.717, 1.165) is 48.6 Å². The summed E-state index contributed by atoms with van der Waals surface area (Å²) in [6.07, 6.45) is 6.90. The highest BCUT2D eigenvalue weighted by atomic mass is 16.3. The van der Waals surface area contributed by atoms with Crippen LogP contribution in [-0.2, 0) is 6.54 Å². The number of nitrogens with zero attached hydrogens (tertiary/aromatic N) is 6. The lowest BCUT2D eigenvalue weighted by Crippen LogP contribution is -2.44. The molecule has 0 saturated carbocycles. The summed E-state index contributed by atoms with van der Waals surface area (Å²) in [4.78, 5) is 13.5. The van der Waals surface area contributed by atoms with Crippen molar-refractivity contribution in [2.75, 3.05) is 38.1 Å². The lowest BCUT2D eigenvalue weighted by molar-refractivity contribution is 0.312. The molecule has 0 radical (unpaired) electrons. The van der Waals surface area contributed by atoms with Crippen LogP contribution in [0.15, 0.2) is 35.5 Å². The first-order chi connectivity index (χ1) is 10.8. The minimum Gasteiger partial charge on any atom is -0.472 e. The maximum absolute atomic E-state index is 5.12. The Labute approximate surface area is 128 Å². The molecule has 0 spiro atoms. The number of hydrogen-bond donors (Lipinski definition) is 0. The van der Waals surface area contributed by atoms with Gasteiger partial charge in [-0.25, -0.2) is 14.6 Å². The van der Waals surface area contributed by atoms with Gasteiger partial charge in [-0.1, -0.05) is 0 Å². The van der Waals surface area contributed by atoms with Crippen LogP contribution in [0.3, 0.4) is 0 Å². The van der Waals surface area contributed by atoms with Crippen molar-refractivity contribution in [2.24, 2.45) is 0 Å². The Morgan fingerprint density at radius 2 is 2.05 bits per heavy atom. The van der Waals surface area contributed by atoms with Crippen molar-refractivity contribution in [3.63, 3.8) is 0 Å². The molecular formula is C15H18N6O. The highest BCUT2D eigenvalue weighted by Crippen LogP contribution is 2.24. The molecule has 0 bridgehead atoms. The fourth-order valence-corrected chi connectivity index (χ4v) is 2.82. The smallest absolute Gasteiger partial charge is 0.163 e. The van der Waals surface area contributed by atoms with Crippen LogP contribution in [0.5, 0.6) is 0 Å². The first kappa shape index (κ1) is 13.3. The number of hydrogen-bond acceptors (Lipinski definition) is 6. The fraction of sp³-hybridized carbons (Fsp3) is 0.400. The van der Waals surface area contributed by atoms with Gasteiger partial charge in [0.15, 0.2) is 5.65 Å². The maximum Gasteiger partial charge on any atom is 0.163 e. The monoisotopic (exact) mass is 298 g/mol. The topological polar surface area (TPSA) is 63.2 Å². The predicted octanol–water partition coefficient (Wildman–Crippen LogP) is 1.22. The number of likely N-dealkylation sites (N-methyl/N-ethyl adjacent to an activating group) is 1. The third-order valence-electron chi connectivity index (χ3n) is 4.13. The van der Waals surface area contributed by atoms with Gasteiger partial charge in [0.1, 0.15) is 12.1 Å². The van der Waals surface area contributed by atoms with Crippen LogP contribution in [-0.4, -0.2) is 57.9 Å². The van der Waals surface area contributed by atoms with Crippen LogP contribution in [0.1, 0.15) is 5.56 Å². The first-order valence-electron chi connectivity index (χ1n) is 7.42. The van der Waals surface area contributed by atoms with E-state index in [0.29, 0.717) is 6.54 Å². The second-order valence-corrected chi connectivity index (χ2v) is 5.66. The summed E-state index contributed by atoms with van der Waals surface area (Å²) in [5.74, 6) is 0.983. The van der Waals surface area contributed by atoms with Crippen LogP contribution in [0.25, 0.3) is 11.0 Å². The molecule has 1 aliphatic rings. The summed E-state index contributed by atoms with van der Waals surface area (Å²) in [5.41, 5.74) is 1.94. The number of furan rings is 1. The fourth-order valence-electron chi connectivity index (χ4n) is 2.82. The van der Waals surface area contributed by atoms with Gasteiger partial charge in [0, 0.05) is 31.7 Å². The molecule has 1 aliphatic heterocycles. The standard InChI is InChI=1S/C15H18N6O/c1-19-3-5-20(6-4-19)14-13-8-18-21(15(13)17-11-16-14)9-12-2-7-22-10-12/h2,7-8,10-11H,3-6,9H2,1H3. The molecule has 4 heterocycles. The molecular weight excluding hydrogens is 280 g/mol. The zero-order valence-corrected chi connectivity index (χ0v) is 12.5. The molecule has 0 atom stereocenters. The van der Waals surface area contributed by atoms with Gasteiger partial charge < -0.3 is 14.2 Å². The molecule has 0 amide bonds. The van der Waals surface area contributed by atoms with Gasteiger partial charge in [0.2, 0.25) is 0 Å². The SMILES string of the molecule is CN1CCN(c2ncnc3c2cnn3Cc2ccoc2)CC1. The minimum atomic E-state index is 0.652. The summed E-state index contributed by atoms with van der Waals surface area (Å²) < 4.78 is 7.01. The number of fused-ring (bicyclic) bond motifs is 1. The van der Waals surface area contributed by atoms with E-state index in [4.69, 9.17) is 4.42 Å². The van der Waals surface area contributed by atoms with E-state index in [-0.39, 0.29) is 0 Å². The van der Waals surface area contributed by atoms with Crippen molar-refractivity contribution in [1.29, 1.82) is 0 Å². The largest absolute Gasteiger partial charge is 0.472 e. The summed E-state index contributed by atoms with van der Waals surface area (Å²) >= 11 is 0. The van der Waals surface area contributed by atoms with Crippen molar-refractivity contribution in [2.45, 2.75) is 6.54 Å². The van der Waals surface area contributed by atoms with E-state index in [2.05, 4.69) is 31.9 Å². The Morgan fingerprint density at radius 3 is 2.82 bits per heavy atom. The van der Waals surface area contributed by atoms with Crippen LogP contribution in [0.4, 0.5) is 5.82 Å². The summed E-state index contributed by atoms with van der Waals surface area (Å²) in [7, 11) is 2.15. The van der Waals surface area contributed by atoms with Crippen molar-refractivity contribution in [3.05, 3.63) is 36.7 Å². The Hall–Kier alpha value is -2.41. The van der Waals surface area contributed by atoms with E-state index in [9.17, 15) is 0 Å². The highest BCUT2D eigenvalue weighted by molar-refractivity contribution is 5.86. The third-order valence-corrected chi connectivity index (χ3v) is 4.13. The normalized spacial score (nSPS) is 16.5. The Kier molecular flexibility index (Phi) is 3.27. The predicted molar refractivity (Wildman–Crippen MR) is 82.8 cm³/mol. The maximum atomic E-state index is 5.12. The van der Waals surface area contributed by atoms with Crippen molar-refractivity contribution < 1.29 is 4.42 Å². The number of piperazine rings is 1. The Morgan fingerprint density at radius 1 is 1.18 bits per heavy atom. The molecule has 3 aromatic rings. The average Bonchev–Trinajstić information content (AvgIpc) is 3.19. The van der Waals surface area contributed by atoms with Crippen molar-refractivity contribution in [3.8, 4) is 0 Å². The molecule has 0 aromatic carbocycles. The van der Waals surface area contributed by atoms with E-state index in [1.807, 2.05) is 16.9 Å². The molecule has 1 saturated heterocycles. The molecule has 1 fully saturated rings. The zero-order chi connectivity index (χ0) is 14.9. The zero-order valence-electron chi connectivity index (χ0n) is 12.5. The van der Waals surface area contributed by atoms with E-state index >= 15 is 0 Å². The molecule has 0 unspecified atom stereocenters. The molecule has 4 rings (SSSR count). The number of anilines is 1. The molecule has 0 aliphatic carbocycles. The van der Waals surface area contributed by atoms with Gasteiger partial charge in [0.05, 0.1) is 30.7 Å². The second-order valence-electron chi connectivity index (χ2n) is 5.66. The average molecular weight is 298 g/mol.